The average Bonchev–Trinajstić information content (AvgIpc) is 2.66. The second-order valence-electron chi connectivity index (χ2n) is 3.96. The van der Waals surface area contributed by atoms with Crippen LogP contribution in [0.4, 0.5) is 0 Å². The maximum atomic E-state index is 11.8. The number of nitrogens with one attached hydrogen (secondary N) is 2. The van der Waals surface area contributed by atoms with Gasteiger partial charge in [-0.15, -0.1) is 0 Å². The van der Waals surface area contributed by atoms with Gasteiger partial charge >= 0.3 is 5.97 Å². The number of carbonyl (C=O) groups is 2. The second kappa shape index (κ2) is 5.11. The predicted molar refractivity (Wildman–Crippen MR) is 55.5 cm³/mol. The van der Waals surface area contributed by atoms with Gasteiger partial charge < -0.3 is 15.7 Å². The van der Waals surface area contributed by atoms with Crippen LogP contribution >= 0.6 is 0 Å². The molecule has 1 rings (SSSR count). The molecule has 1 fully saturated rings. The van der Waals surface area contributed by atoms with Gasteiger partial charge in [0, 0.05) is 13.1 Å². The van der Waals surface area contributed by atoms with E-state index in [9.17, 15) is 9.59 Å². The van der Waals surface area contributed by atoms with Gasteiger partial charge in [-0.25, -0.2) is 0 Å². The van der Waals surface area contributed by atoms with Gasteiger partial charge in [0.25, 0.3) is 0 Å². The molecule has 0 radical (unpaired) electrons. The Morgan fingerprint density at radius 3 is 2.73 bits per heavy atom. The summed E-state index contributed by atoms with van der Waals surface area (Å²) in [6.07, 6.45) is 1.61. The highest BCUT2D eigenvalue weighted by atomic mass is 16.4. The van der Waals surface area contributed by atoms with Crippen LogP contribution in [0.1, 0.15) is 26.2 Å². The lowest BCUT2D eigenvalue weighted by Crippen LogP contribution is -2.42. The van der Waals surface area contributed by atoms with Crippen LogP contribution in [0.3, 0.4) is 0 Å². The van der Waals surface area contributed by atoms with Crippen LogP contribution in [0.5, 0.6) is 0 Å². The molecule has 1 atom stereocenters. The maximum Gasteiger partial charge on any atom is 0.305 e. The van der Waals surface area contributed by atoms with Crippen LogP contribution < -0.4 is 10.6 Å². The van der Waals surface area contributed by atoms with Gasteiger partial charge in [0.2, 0.25) is 5.91 Å². The largest absolute Gasteiger partial charge is 0.481 e. The Morgan fingerprint density at radius 1 is 1.53 bits per heavy atom. The topological polar surface area (TPSA) is 78.4 Å². The van der Waals surface area contributed by atoms with Crippen LogP contribution in [-0.4, -0.2) is 36.6 Å². The highest BCUT2D eigenvalue weighted by Gasteiger charge is 2.39. The molecule has 1 saturated heterocycles. The summed E-state index contributed by atoms with van der Waals surface area (Å²) in [6, 6.07) is 0. The van der Waals surface area contributed by atoms with Crippen molar-refractivity contribution in [2.45, 2.75) is 26.2 Å². The molecule has 0 aromatic heterocycles. The maximum absolute atomic E-state index is 11.8. The highest BCUT2D eigenvalue weighted by Crippen LogP contribution is 2.29. The third-order valence-corrected chi connectivity index (χ3v) is 3.03. The summed E-state index contributed by atoms with van der Waals surface area (Å²) in [4.78, 5) is 22.1. The summed E-state index contributed by atoms with van der Waals surface area (Å²) in [5, 5.41) is 14.3. The first-order valence-corrected chi connectivity index (χ1v) is 5.31. The summed E-state index contributed by atoms with van der Waals surface area (Å²) in [5.74, 6) is -0.901. The van der Waals surface area contributed by atoms with Crippen LogP contribution in [0.25, 0.3) is 0 Å². The molecule has 0 bridgehead atoms. The smallest absolute Gasteiger partial charge is 0.305 e. The van der Waals surface area contributed by atoms with E-state index in [1.54, 1.807) is 0 Å². The standard InChI is InChI=1S/C10H18N2O3/c1-2-10(4-6-11-7-10)9(15)12-5-3-8(13)14/h11H,2-7H2,1H3,(H,12,15)(H,13,14). The van der Waals surface area contributed by atoms with E-state index in [0.717, 1.165) is 19.4 Å². The number of aliphatic carboxylic acids is 1. The van der Waals surface area contributed by atoms with Gasteiger partial charge in [0.15, 0.2) is 0 Å². The number of carboxylic acids is 1. The molecule has 5 heteroatoms. The van der Waals surface area contributed by atoms with E-state index in [-0.39, 0.29) is 24.3 Å². The Hall–Kier alpha value is -1.10. The van der Waals surface area contributed by atoms with Gasteiger partial charge in [-0.05, 0) is 19.4 Å². The van der Waals surface area contributed by atoms with Gasteiger partial charge in [-0.2, -0.15) is 0 Å². The fourth-order valence-corrected chi connectivity index (χ4v) is 1.87. The molecule has 5 nitrogen and oxygen atoms in total. The molecule has 0 aromatic carbocycles. The van der Waals surface area contributed by atoms with Crippen molar-refractivity contribution in [3.63, 3.8) is 0 Å². The molecule has 0 saturated carbocycles. The Balaban J connectivity index is 2.40. The first kappa shape index (κ1) is 12.0. The van der Waals surface area contributed by atoms with Crippen molar-refractivity contribution in [3.05, 3.63) is 0 Å². The molecule has 0 spiro atoms. The van der Waals surface area contributed by atoms with E-state index in [0.29, 0.717) is 6.54 Å². The monoisotopic (exact) mass is 214 g/mol. The van der Waals surface area contributed by atoms with E-state index in [4.69, 9.17) is 5.11 Å². The average molecular weight is 214 g/mol. The molecule has 15 heavy (non-hydrogen) atoms. The van der Waals surface area contributed by atoms with Gasteiger partial charge in [-0.1, -0.05) is 6.92 Å². The van der Waals surface area contributed by atoms with Crippen LogP contribution in [0, 0.1) is 5.41 Å². The van der Waals surface area contributed by atoms with Crippen molar-refractivity contribution in [3.8, 4) is 0 Å². The Morgan fingerprint density at radius 2 is 2.27 bits per heavy atom. The summed E-state index contributed by atoms with van der Waals surface area (Å²) in [7, 11) is 0. The minimum absolute atomic E-state index is 0.0149. The Labute approximate surface area is 89.2 Å². The molecular formula is C10H18N2O3. The lowest BCUT2D eigenvalue weighted by molar-refractivity contribution is -0.137. The van der Waals surface area contributed by atoms with Crippen molar-refractivity contribution in [1.29, 1.82) is 0 Å². The van der Waals surface area contributed by atoms with E-state index in [1.807, 2.05) is 6.92 Å². The van der Waals surface area contributed by atoms with Crippen molar-refractivity contribution in [2.75, 3.05) is 19.6 Å². The van der Waals surface area contributed by atoms with Crippen molar-refractivity contribution >= 4 is 11.9 Å². The van der Waals surface area contributed by atoms with Crippen LogP contribution in [-0.2, 0) is 9.59 Å². The Kier molecular flexibility index (Phi) is 4.08. The quantitative estimate of drug-likeness (QED) is 0.600. The zero-order valence-corrected chi connectivity index (χ0v) is 9.01. The summed E-state index contributed by atoms with van der Waals surface area (Å²) in [6.45, 7) is 3.77. The molecule has 3 N–H and O–H groups in total. The molecule has 1 aliphatic heterocycles. The van der Waals surface area contributed by atoms with Crippen LogP contribution in [0.15, 0.2) is 0 Å². The number of amides is 1. The third-order valence-electron chi connectivity index (χ3n) is 3.03. The number of carbonyl (C=O) groups excluding carboxylic acids is 1. The molecule has 86 valence electrons. The van der Waals surface area contributed by atoms with E-state index < -0.39 is 5.97 Å². The number of hydrogen-bond donors (Lipinski definition) is 3. The summed E-state index contributed by atoms with van der Waals surface area (Å²) in [5.41, 5.74) is -0.321. The molecule has 1 heterocycles. The van der Waals surface area contributed by atoms with E-state index >= 15 is 0 Å². The van der Waals surface area contributed by atoms with Gasteiger partial charge in [0.1, 0.15) is 0 Å². The molecular weight excluding hydrogens is 196 g/mol. The lowest BCUT2D eigenvalue weighted by Gasteiger charge is -2.24. The number of rotatable bonds is 5. The summed E-state index contributed by atoms with van der Waals surface area (Å²) < 4.78 is 0. The van der Waals surface area contributed by atoms with Crippen molar-refractivity contribution in [2.24, 2.45) is 5.41 Å². The molecule has 0 aliphatic carbocycles. The van der Waals surface area contributed by atoms with Gasteiger partial charge in [0.05, 0.1) is 11.8 Å². The first-order valence-electron chi connectivity index (χ1n) is 5.31. The highest BCUT2D eigenvalue weighted by molar-refractivity contribution is 5.83. The predicted octanol–water partition coefficient (Wildman–Crippen LogP) is -0.0330. The van der Waals surface area contributed by atoms with E-state index in [1.165, 1.54) is 0 Å². The zero-order valence-electron chi connectivity index (χ0n) is 9.01. The van der Waals surface area contributed by atoms with Gasteiger partial charge in [-0.3, -0.25) is 9.59 Å². The Bertz CT molecular complexity index is 247. The van der Waals surface area contributed by atoms with E-state index in [2.05, 4.69) is 10.6 Å². The molecule has 1 aliphatic rings. The SMILES string of the molecule is CCC1(C(=O)NCCC(=O)O)CCNC1. The van der Waals surface area contributed by atoms with Crippen molar-refractivity contribution < 1.29 is 14.7 Å². The molecule has 1 amide bonds. The minimum Gasteiger partial charge on any atom is -0.481 e. The molecule has 1 unspecified atom stereocenters. The lowest BCUT2D eigenvalue weighted by atomic mass is 9.83. The number of carboxylic acid groups (broad SMARTS) is 1. The zero-order chi connectivity index (χ0) is 11.3. The van der Waals surface area contributed by atoms with Crippen LogP contribution in [0.2, 0.25) is 0 Å². The first-order chi connectivity index (χ1) is 7.10. The minimum atomic E-state index is -0.884. The normalized spacial score (nSPS) is 25.1. The van der Waals surface area contributed by atoms with Crippen molar-refractivity contribution in [1.82, 2.24) is 10.6 Å². The third kappa shape index (κ3) is 2.92. The molecule has 0 aromatic rings. The fourth-order valence-electron chi connectivity index (χ4n) is 1.87. The summed E-state index contributed by atoms with van der Waals surface area (Å²) >= 11 is 0. The second-order valence-corrected chi connectivity index (χ2v) is 3.96. The number of hydrogen-bond acceptors (Lipinski definition) is 3. The fraction of sp³-hybridized carbons (Fsp3) is 0.800.